The highest BCUT2D eigenvalue weighted by atomic mass is 32.1. The average Bonchev–Trinajstić information content (AvgIpc) is 2.78. The molecule has 1 saturated carbocycles. The molecule has 4 nitrogen and oxygen atoms in total. The van der Waals surface area contributed by atoms with Crippen molar-refractivity contribution in [1.29, 1.82) is 0 Å². The van der Waals surface area contributed by atoms with Crippen LogP contribution in [0.5, 0.6) is 0 Å². The van der Waals surface area contributed by atoms with Gasteiger partial charge in [-0.3, -0.25) is 0 Å². The highest BCUT2D eigenvalue weighted by Crippen LogP contribution is 2.41. The largest absolute Gasteiger partial charge is 0.325 e. The van der Waals surface area contributed by atoms with Gasteiger partial charge >= 0.3 is 0 Å². The first kappa shape index (κ1) is 7.46. The summed E-state index contributed by atoms with van der Waals surface area (Å²) in [5.41, 5.74) is 6.40. The minimum atomic E-state index is 0.495. The Bertz CT molecular complexity index is 408. The lowest BCUT2D eigenvalue weighted by Gasteiger charge is -1.84. The molecular formula is C8H10N4S. The normalized spacial score (nSPS) is 17.0. The van der Waals surface area contributed by atoms with E-state index in [4.69, 9.17) is 5.73 Å². The third-order valence-electron chi connectivity index (χ3n) is 2.24. The fraction of sp³-hybridized carbons (Fsp3) is 0.500. The predicted molar refractivity (Wildman–Crippen MR) is 50.7 cm³/mol. The average molecular weight is 194 g/mol. The van der Waals surface area contributed by atoms with E-state index in [-0.39, 0.29) is 0 Å². The van der Waals surface area contributed by atoms with E-state index in [9.17, 15) is 0 Å². The molecule has 1 aliphatic carbocycles. The number of nitrogens with zero attached hydrogens (tertiary/aromatic N) is 3. The van der Waals surface area contributed by atoms with Gasteiger partial charge in [0.05, 0.1) is 11.9 Å². The number of hydrogen-bond donors (Lipinski definition) is 1. The van der Waals surface area contributed by atoms with Crippen molar-refractivity contribution in [2.45, 2.75) is 25.3 Å². The Hall–Kier alpha value is -0.940. The van der Waals surface area contributed by atoms with Crippen LogP contribution in [0.2, 0.25) is 0 Å². The van der Waals surface area contributed by atoms with Crippen molar-refractivity contribution in [3.63, 3.8) is 0 Å². The molecule has 0 aromatic carbocycles. The number of nitrogens with two attached hydrogens (primary N) is 1. The summed E-state index contributed by atoms with van der Waals surface area (Å²) in [6.45, 7) is 0.495. The van der Waals surface area contributed by atoms with Gasteiger partial charge < -0.3 is 5.73 Å². The van der Waals surface area contributed by atoms with Crippen molar-refractivity contribution in [3.05, 3.63) is 16.9 Å². The molecule has 0 bridgehead atoms. The second-order valence-corrected chi connectivity index (χ2v) is 4.37. The molecule has 13 heavy (non-hydrogen) atoms. The Kier molecular flexibility index (Phi) is 1.45. The smallest absolute Gasteiger partial charge is 0.212 e. The van der Waals surface area contributed by atoms with Gasteiger partial charge in [-0.05, 0) is 12.8 Å². The topological polar surface area (TPSA) is 56.2 Å². The van der Waals surface area contributed by atoms with Crippen LogP contribution in [-0.2, 0) is 6.54 Å². The van der Waals surface area contributed by atoms with Gasteiger partial charge in [-0.25, -0.2) is 9.50 Å². The van der Waals surface area contributed by atoms with Crippen molar-refractivity contribution in [3.8, 4) is 0 Å². The van der Waals surface area contributed by atoms with Crippen LogP contribution in [0.3, 0.4) is 0 Å². The molecule has 5 heteroatoms. The maximum Gasteiger partial charge on any atom is 0.212 e. The van der Waals surface area contributed by atoms with Crippen LogP contribution >= 0.6 is 11.3 Å². The fourth-order valence-corrected chi connectivity index (χ4v) is 2.42. The molecule has 0 radical (unpaired) electrons. The zero-order valence-electron chi connectivity index (χ0n) is 7.10. The minimum absolute atomic E-state index is 0.495. The van der Waals surface area contributed by atoms with Crippen LogP contribution in [-0.4, -0.2) is 14.6 Å². The van der Waals surface area contributed by atoms with Crippen molar-refractivity contribution in [2.24, 2.45) is 5.73 Å². The van der Waals surface area contributed by atoms with Crippen LogP contribution < -0.4 is 5.73 Å². The van der Waals surface area contributed by atoms with Crippen LogP contribution in [0.15, 0.2) is 6.20 Å². The third-order valence-corrected chi connectivity index (χ3v) is 3.33. The van der Waals surface area contributed by atoms with Crippen molar-refractivity contribution in [1.82, 2.24) is 14.6 Å². The van der Waals surface area contributed by atoms with Gasteiger partial charge in [0, 0.05) is 12.5 Å². The first-order valence-electron chi connectivity index (χ1n) is 4.42. The van der Waals surface area contributed by atoms with E-state index in [1.54, 1.807) is 11.3 Å². The first-order chi connectivity index (χ1) is 6.36. The van der Waals surface area contributed by atoms with Gasteiger partial charge in [0.1, 0.15) is 5.01 Å². The lowest BCUT2D eigenvalue weighted by Crippen LogP contribution is -1.95. The fourth-order valence-electron chi connectivity index (χ4n) is 1.35. The van der Waals surface area contributed by atoms with Crippen LogP contribution in [0, 0.1) is 0 Å². The lowest BCUT2D eigenvalue weighted by atomic mass is 10.5. The summed E-state index contributed by atoms with van der Waals surface area (Å²) in [6.07, 6.45) is 4.50. The van der Waals surface area contributed by atoms with E-state index in [1.807, 2.05) is 10.7 Å². The second-order valence-electron chi connectivity index (χ2n) is 3.38. The third kappa shape index (κ3) is 1.15. The molecule has 1 aliphatic rings. The number of aromatic nitrogens is 3. The first-order valence-corrected chi connectivity index (χ1v) is 5.23. The summed E-state index contributed by atoms with van der Waals surface area (Å²) in [6, 6.07) is 0. The molecule has 2 aromatic heterocycles. The van der Waals surface area contributed by atoms with E-state index >= 15 is 0 Å². The summed E-state index contributed by atoms with van der Waals surface area (Å²) in [5.74, 6) is 0.716. The van der Waals surface area contributed by atoms with Gasteiger partial charge in [-0.1, -0.05) is 11.3 Å². The van der Waals surface area contributed by atoms with Crippen LogP contribution in [0.1, 0.15) is 29.5 Å². The summed E-state index contributed by atoms with van der Waals surface area (Å²) in [7, 11) is 0. The van der Waals surface area contributed by atoms with Gasteiger partial charge in [-0.15, -0.1) is 0 Å². The maximum absolute atomic E-state index is 5.48. The van der Waals surface area contributed by atoms with Gasteiger partial charge in [-0.2, -0.15) is 5.10 Å². The van der Waals surface area contributed by atoms with Gasteiger partial charge in [0.25, 0.3) is 0 Å². The SMILES string of the molecule is NCc1cn2nc(C3CC3)sc2n1. The number of imidazole rings is 1. The molecule has 0 aliphatic heterocycles. The molecule has 2 heterocycles. The molecule has 0 atom stereocenters. The minimum Gasteiger partial charge on any atom is -0.325 e. The molecule has 0 unspecified atom stereocenters. The van der Waals surface area contributed by atoms with Crippen molar-refractivity contribution in [2.75, 3.05) is 0 Å². The second kappa shape index (κ2) is 2.52. The molecule has 0 saturated heterocycles. The zero-order chi connectivity index (χ0) is 8.84. The summed E-state index contributed by atoms with van der Waals surface area (Å²) >= 11 is 1.69. The van der Waals surface area contributed by atoms with Crippen molar-refractivity contribution < 1.29 is 0 Å². The summed E-state index contributed by atoms with van der Waals surface area (Å²) < 4.78 is 1.85. The lowest BCUT2D eigenvalue weighted by molar-refractivity contribution is 0.897. The molecule has 2 aromatic rings. The Morgan fingerprint density at radius 3 is 3.08 bits per heavy atom. The Labute approximate surface area is 79.4 Å². The highest BCUT2D eigenvalue weighted by molar-refractivity contribution is 7.16. The standard InChI is InChI=1S/C8H10N4S/c9-3-6-4-12-8(10-6)13-7(11-12)5-1-2-5/h4-5H,1-3,9H2. The molecule has 2 N–H and O–H groups in total. The zero-order valence-corrected chi connectivity index (χ0v) is 7.92. The number of hydrogen-bond acceptors (Lipinski definition) is 4. The van der Waals surface area contributed by atoms with Crippen LogP contribution in [0.25, 0.3) is 4.96 Å². The summed E-state index contributed by atoms with van der Waals surface area (Å²) in [5, 5.41) is 5.69. The number of fused-ring (bicyclic) bond motifs is 1. The molecule has 3 rings (SSSR count). The Balaban J connectivity index is 2.09. The van der Waals surface area contributed by atoms with Crippen molar-refractivity contribution >= 4 is 16.3 Å². The van der Waals surface area contributed by atoms with E-state index in [0.29, 0.717) is 12.5 Å². The van der Waals surface area contributed by atoms with Crippen LogP contribution in [0.4, 0.5) is 0 Å². The van der Waals surface area contributed by atoms with E-state index in [1.165, 1.54) is 17.8 Å². The monoisotopic (exact) mass is 194 g/mol. The predicted octanol–water partition coefficient (Wildman–Crippen LogP) is 1.13. The Morgan fingerprint density at radius 2 is 2.46 bits per heavy atom. The van der Waals surface area contributed by atoms with Gasteiger partial charge in [0.2, 0.25) is 4.96 Å². The van der Waals surface area contributed by atoms with E-state index < -0.39 is 0 Å². The Morgan fingerprint density at radius 1 is 1.62 bits per heavy atom. The van der Waals surface area contributed by atoms with Gasteiger partial charge in [0.15, 0.2) is 0 Å². The molecule has 1 fully saturated rings. The molecular weight excluding hydrogens is 184 g/mol. The highest BCUT2D eigenvalue weighted by Gasteiger charge is 2.27. The van der Waals surface area contributed by atoms with E-state index in [0.717, 1.165) is 10.7 Å². The number of rotatable bonds is 2. The summed E-state index contributed by atoms with van der Waals surface area (Å²) in [4.78, 5) is 5.33. The molecule has 0 spiro atoms. The van der Waals surface area contributed by atoms with E-state index in [2.05, 4.69) is 10.1 Å². The molecule has 0 amide bonds. The quantitative estimate of drug-likeness (QED) is 0.779. The molecule has 68 valence electrons. The maximum atomic E-state index is 5.48.